The molecule has 0 spiro atoms. The summed E-state index contributed by atoms with van der Waals surface area (Å²) in [5.41, 5.74) is 0.691. The van der Waals surface area contributed by atoms with Crippen molar-refractivity contribution in [3.8, 4) is 10.8 Å². The van der Waals surface area contributed by atoms with Crippen molar-refractivity contribution < 1.29 is 9.21 Å². The number of aromatic nitrogens is 2. The van der Waals surface area contributed by atoms with Gasteiger partial charge in [0.2, 0.25) is 5.91 Å². The van der Waals surface area contributed by atoms with Crippen molar-refractivity contribution in [3.05, 3.63) is 46.8 Å². The summed E-state index contributed by atoms with van der Waals surface area (Å²) in [6.45, 7) is 1.78. The number of carbonyl (C=O) groups is 1. The predicted octanol–water partition coefficient (Wildman–Crippen LogP) is 4.57. The van der Waals surface area contributed by atoms with Crippen molar-refractivity contribution in [2.75, 3.05) is 5.32 Å². The molecule has 1 N–H and O–H groups in total. The maximum Gasteiger partial charge on any atom is 0.277 e. The number of anilines is 1. The van der Waals surface area contributed by atoms with Gasteiger partial charge in [-0.25, -0.2) is 0 Å². The molecule has 0 fully saturated rings. The van der Waals surface area contributed by atoms with Crippen LogP contribution in [-0.4, -0.2) is 21.4 Å². The van der Waals surface area contributed by atoms with Crippen molar-refractivity contribution in [2.45, 2.75) is 17.4 Å². The number of halogens is 1. The first-order valence-corrected chi connectivity index (χ1v) is 8.86. The van der Waals surface area contributed by atoms with Crippen LogP contribution in [0.3, 0.4) is 0 Å². The summed E-state index contributed by atoms with van der Waals surface area (Å²) in [4.78, 5) is 13.1. The largest absolute Gasteiger partial charge is 0.410 e. The third-order valence-corrected chi connectivity index (χ3v) is 4.94. The number of nitrogens with one attached hydrogen (secondary N) is 1. The number of rotatable bonds is 5. The summed E-state index contributed by atoms with van der Waals surface area (Å²) in [7, 11) is 0. The molecule has 0 aliphatic carbocycles. The van der Waals surface area contributed by atoms with E-state index in [1.54, 1.807) is 31.2 Å². The van der Waals surface area contributed by atoms with Gasteiger partial charge in [-0.3, -0.25) is 4.79 Å². The molecule has 3 aromatic rings. The molecule has 1 atom stereocenters. The van der Waals surface area contributed by atoms with Crippen molar-refractivity contribution >= 4 is 46.3 Å². The quantitative estimate of drug-likeness (QED) is 0.671. The Morgan fingerprint density at radius 2 is 2.09 bits per heavy atom. The van der Waals surface area contributed by atoms with Crippen LogP contribution in [0.1, 0.15) is 6.92 Å². The number of thiophene rings is 1. The minimum Gasteiger partial charge on any atom is -0.410 e. The lowest BCUT2D eigenvalue weighted by Gasteiger charge is -2.09. The van der Waals surface area contributed by atoms with Gasteiger partial charge in [-0.15, -0.1) is 21.5 Å². The van der Waals surface area contributed by atoms with E-state index in [1.807, 2.05) is 17.5 Å². The fourth-order valence-electron chi connectivity index (χ4n) is 1.74. The first-order valence-electron chi connectivity index (χ1n) is 6.72. The summed E-state index contributed by atoms with van der Waals surface area (Å²) in [6.07, 6.45) is 0. The highest BCUT2D eigenvalue weighted by Gasteiger charge is 2.19. The normalized spacial score (nSPS) is 12.1. The summed E-state index contributed by atoms with van der Waals surface area (Å²) in [5, 5.41) is 13.3. The molecule has 8 heteroatoms. The molecule has 5 nitrogen and oxygen atoms in total. The molecule has 1 amide bonds. The van der Waals surface area contributed by atoms with Crippen LogP contribution in [0.5, 0.6) is 0 Å². The van der Waals surface area contributed by atoms with E-state index in [0.717, 1.165) is 4.88 Å². The highest BCUT2D eigenvalue weighted by atomic mass is 35.5. The van der Waals surface area contributed by atoms with Crippen molar-refractivity contribution in [3.63, 3.8) is 0 Å². The SMILES string of the molecule is C[C@H](Sc1nnc(-c2cccs2)o1)C(=O)Nc1ccc(Cl)cc1. The summed E-state index contributed by atoms with van der Waals surface area (Å²) in [5.74, 6) is 0.320. The van der Waals surface area contributed by atoms with Gasteiger partial charge in [0.05, 0.1) is 10.1 Å². The lowest BCUT2D eigenvalue weighted by atomic mass is 10.3. The second-order valence-corrected chi connectivity index (χ2v) is 7.28. The van der Waals surface area contributed by atoms with Crippen LogP contribution in [0.15, 0.2) is 51.4 Å². The monoisotopic (exact) mass is 365 g/mol. The van der Waals surface area contributed by atoms with Gasteiger partial charge in [0.15, 0.2) is 0 Å². The fourth-order valence-corrected chi connectivity index (χ4v) is 3.19. The van der Waals surface area contributed by atoms with Crippen LogP contribution < -0.4 is 5.32 Å². The maximum absolute atomic E-state index is 12.2. The summed E-state index contributed by atoms with van der Waals surface area (Å²) < 4.78 is 5.57. The number of nitrogens with zero attached hydrogens (tertiary/aromatic N) is 2. The topological polar surface area (TPSA) is 68.0 Å². The van der Waals surface area contributed by atoms with Gasteiger partial charge in [0, 0.05) is 10.7 Å². The Bertz CT molecular complexity index is 787. The third-order valence-electron chi connectivity index (χ3n) is 2.90. The van der Waals surface area contributed by atoms with Crippen molar-refractivity contribution in [1.82, 2.24) is 10.2 Å². The molecule has 0 radical (unpaired) electrons. The zero-order chi connectivity index (χ0) is 16.2. The predicted molar refractivity (Wildman–Crippen MR) is 93.0 cm³/mol. The van der Waals surface area contributed by atoms with Gasteiger partial charge in [-0.05, 0) is 42.6 Å². The Labute approximate surface area is 146 Å². The minimum atomic E-state index is -0.373. The first kappa shape index (κ1) is 16.0. The lowest BCUT2D eigenvalue weighted by molar-refractivity contribution is -0.115. The number of benzene rings is 1. The van der Waals surface area contributed by atoms with E-state index in [-0.39, 0.29) is 11.2 Å². The lowest BCUT2D eigenvalue weighted by Crippen LogP contribution is -2.22. The zero-order valence-electron chi connectivity index (χ0n) is 12.0. The average Bonchev–Trinajstić information content (AvgIpc) is 3.20. The molecule has 2 aromatic heterocycles. The summed E-state index contributed by atoms with van der Waals surface area (Å²) in [6, 6.07) is 10.8. The molecular formula is C15H12ClN3O2S2. The van der Waals surface area contributed by atoms with Gasteiger partial charge >= 0.3 is 0 Å². The van der Waals surface area contributed by atoms with Crippen molar-refractivity contribution in [2.24, 2.45) is 0 Å². The standard InChI is InChI=1S/C15H12ClN3O2S2/c1-9(13(20)17-11-6-4-10(16)5-7-11)23-15-19-18-14(21-15)12-3-2-8-22-12/h2-9H,1H3,(H,17,20)/t9-/m0/s1. The summed E-state index contributed by atoms with van der Waals surface area (Å²) >= 11 is 8.56. The van der Waals surface area contributed by atoms with Crippen LogP contribution in [0, 0.1) is 0 Å². The van der Waals surface area contributed by atoms with Crippen LogP contribution in [0.2, 0.25) is 5.02 Å². The number of hydrogen-bond acceptors (Lipinski definition) is 6. The van der Waals surface area contributed by atoms with Gasteiger partial charge < -0.3 is 9.73 Å². The molecule has 0 bridgehead atoms. The molecule has 0 saturated carbocycles. The molecule has 2 heterocycles. The molecular weight excluding hydrogens is 354 g/mol. The highest BCUT2D eigenvalue weighted by molar-refractivity contribution is 8.00. The van der Waals surface area contributed by atoms with Crippen molar-refractivity contribution in [1.29, 1.82) is 0 Å². The Balaban J connectivity index is 1.61. The number of amides is 1. The zero-order valence-corrected chi connectivity index (χ0v) is 14.4. The molecule has 0 aliphatic rings. The Hall–Kier alpha value is -1.83. The molecule has 1 aromatic carbocycles. The average molecular weight is 366 g/mol. The molecule has 0 saturated heterocycles. The van der Waals surface area contributed by atoms with E-state index in [2.05, 4.69) is 15.5 Å². The van der Waals surface area contributed by atoms with E-state index < -0.39 is 0 Å². The highest BCUT2D eigenvalue weighted by Crippen LogP contribution is 2.28. The number of thioether (sulfide) groups is 1. The van der Waals surface area contributed by atoms with E-state index in [1.165, 1.54) is 23.1 Å². The number of hydrogen-bond donors (Lipinski definition) is 1. The maximum atomic E-state index is 12.2. The minimum absolute atomic E-state index is 0.145. The van der Waals surface area contributed by atoms with E-state index in [0.29, 0.717) is 21.8 Å². The Morgan fingerprint density at radius 3 is 2.78 bits per heavy atom. The Morgan fingerprint density at radius 1 is 1.30 bits per heavy atom. The first-order chi connectivity index (χ1) is 11.1. The van der Waals surface area contributed by atoms with E-state index >= 15 is 0 Å². The second kappa shape index (κ2) is 7.16. The third kappa shape index (κ3) is 4.13. The molecule has 118 valence electrons. The smallest absolute Gasteiger partial charge is 0.277 e. The van der Waals surface area contributed by atoms with Crippen LogP contribution in [0.4, 0.5) is 5.69 Å². The molecule has 0 unspecified atom stereocenters. The number of carbonyl (C=O) groups excluding carboxylic acids is 1. The van der Waals surface area contributed by atoms with Crippen LogP contribution in [-0.2, 0) is 4.79 Å². The van der Waals surface area contributed by atoms with Gasteiger partial charge in [-0.1, -0.05) is 29.4 Å². The van der Waals surface area contributed by atoms with Gasteiger partial charge in [0.1, 0.15) is 0 Å². The van der Waals surface area contributed by atoms with E-state index in [4.69, 9.17) is 16.0 Å². The van der Waals surface area contributed by atoms with E-state index in [9.17, 15) is 4.79 Å². The Kier molecular flexibility index (Phi) is 5.00. The second-order valence-electron chi connectivity index (χ2n) is 4.61. The molecule has 0 aliphatic heterocycles. The van der Waals surface area contributed by atoms with Gasteiger partial charge in [-0.2, -0.15) is 0 Å². The molecule has 23 heavy (non-hydrogen) atoms. The fraction of sp³-hybridized carbons (Fsp3) is 0.133. The van der Waals surface area contributed by atoms with Crippen LogP contribution >= 0.6 is 34.7 Å². The van der Waals surface area contributed by atoms with Gasteiger partial charge in [0.25, 0.3) is 11.1 Å². The molecule has 3 rings (SSSR count). The van der Waals surface area contributed by atoms with Crippen LogP contribution in [0.25, 0.3) is 10.8 Å².